The Balaban J connectivity index is 1.72. The third kappa shape index (κ3) is 5.99. The van der Waals surface area contributed by atoms with Crippen LogP contribution < -0.4 is 10.1 Å². The fourth-order valence-electron chi connectivity index (χ4n) is 3.90. The van der Waals surface area contributed by atoms with E-state index in [2.05, 4.69) is 17.4 Å². The molecule has 0 saturated carbocycles. The van der Waals surface area contributed by atoms with E-state index in [1.54, 1.807) is 6.07 Å². The van der Waals surface area contributed by atoms with E-state index in [0.717, 1.165) is 50.9 Å². The topological polar surface area (TPSA) is 30.5 Å². The summed E-state index contributed by atoms with van der Waals surface area (Å²) in [4.78, 5) is 0. The molecule has 3 nitrogen and oxygen atoms in total. The van der Waals surface area contributed by atoms with Crippen molar-refractivity contribution in [3.05, 3.63) is 65.2 Å². The quantitative estimate of drug-likeness (QED) is 0.525. The van der Waals surface area contributed by atoms with Gasteiger partial charge in [-0.05, 0) is 61.7 Å². The molecule has 1 saturated heterocycles. The summed E-state index contributed by atoms with van der Waals surface area (Å²) in [5.41, 5.74) is 0.886. The number of rotatable bonds is 9. The number of ether oxygens (including phenoxy) is 2. The SMILES string of the molecule is CCCCOc1cc(COCC2(c3ccccc3)CCNCC2)cc(C(F)(F)F)c1. The van der Waals surface area contributed by atoms with Gasteiger partial charge in [-0.3, -0.25) is 0 Å². The van der Waals surface area contributed by atoms with E-state index in [1.807, 2.05) is 25.1 Å². The second-order valence-corrected chi connectivity index (χ2v) is 7.95. The van der Waals surface area contributed by atoms with Crippen LogP contribution in [0.3, 0.4) is 0 Å². The standard InChI is InChI=1S/C24H30F3NO2/c1-2-3-13-30-22-15-19(14-21(16-22)24(25,26)27)17-29-18-23(9-11-28-12-10-23)20-7-5-4-6-8-20/h4-8,14-16,28H,2-3,9-13,17-18H2,1H3. The number of unbranched alkanes of at least 4 members (excludes halogenated alkanes) is 1. The predicted molar refractivity (Wildman–Crippen MR) is 112 cm³/mol. The van der Waals surface area contributed by atoms with E-state index in [0.29, 0.717) is 18.8 Å². The number of hydrogen-bond acceptors (Lipinski definition) is 3. The zero-order chi connectivity index (χ0) is 21.5. The molecule has 2 aromatic rings. The Labute approximate surface area is 176 Å². The van der Waals surface area contributed by atoms with Crippen molar-refractivity contribution in [3.63, 3.8) is 0 Å². The molecule has 0 unspecified atom stereocenters. The molecule has 3 rings (SSSR count). The van der Waals surface area contributed by atoms with Crippen molar-refractivity contribution in [1.82, 2.24) is 5.32 Å². The molecule has 0 amide bonds. The lowest BCUT2D eigenvalue weighted by Crippen LogP contribution is -2.43. The Morgan fingerprint density at radius 2 is 1.77 bits per heavy atom. The normalized spacial score (nSPS) is 16.4. The number of halogens is 3. The lowest BCUT2D eigenvalue weighted by atomic mass is 9.74. The number of hydrogen-bond donors (Lipinski definition) is 1. The van der Waals surface area contributed by atoms with Crippen molar-refractivity contribution >= 4 is 0 Å². The molecule has 30 heavy (non-hydrogen) atoms. The molecule has 1 aliphatic heterocycles. The van der Waals surface area contributed by atoms with E-state index in [4.69, 9.17) is 9.47 Å². The minimum Gasteiger partial charge on any atom is -0.494 e. The van der Waals surface area contributed by atoms with Gasteiger partial charge in [-0.2, -0.15) is 13.2 Å². The molecule has 6 heteroatoms. The lowest BCUT2D eigenvalue weighted by molar-refractivity contribution is -0.137. The summed E-state index contributed by atoms with van der Waals surface area (Å²) in [7, 11) is 0. The number of alkyl halides is 3. The van der Waals surface area contributed by atoms with Crippen molar-refractivity contribution in [1.29, 1.82) is 0 Å². The second kappa shape index (κ2) is 10.3. The Morgan fingerprint density at radius 1 is 1.03 bits per heavy atom. The Bertz CT molecular complexity index is 787. The zero-order valence-electron chi connectivity index (χ0n) is 17.4. The average Bonchev–Trinajstić information content (AvgIpc) is 2.74. The van der Waals surface area contributed by atoms with Crippen LogP contribution in [0.1, 0.15) is 49.3 Å². The molecule has 0 radical (unpaired) electrons. The summed E-state index contributed by atoms with van der Waals surface area (Å²) >= 11 is 0. The van der Waals surface area contributed by atoms with E-state index in [-0.39, 0.29) is 17.8 Å². The van der Waals surface area contributed by atoms with Gasteiger partial charge in [-0.15, -0.1) is 0 Å². The van der Waals surface area contributed by atoms with Crippen LogP contribution in [-0.4, -0.2) is 26.3 Å². The van der Waals surface area contributed by atoms with Gasteiger partial charge in [0, 0.05) is 5.41 Å². The molecule has 2 aromatic carbocycles. The van der Waals surface area contributed by atoms with Crippen LogP contribution in [0.2, 0.25) is 0 Å². The molecule has 1 heterocycles. The van der Waals surface area contributed by atoms with Crippen LogP contribution in [0.15, 0.2) is 48.5 Å². The van der Waals surface area contributed by atoms with Gasteiger partial charge in [0.15, 0.2) is 0 Å². The van der Waals surface area contributed by atoms with Gasteiger partial charge in [0.1, 0.15) is 5.75 Å². The van der Waals surface area contributed by atoms with Crippen LogP contribution in [0.4, 0.5) is 13.2 Å². The van der Waals surface area contributed by atoms with Crippen LogP contribution >= 0.6 is 0 Å². The van der Waals surface area contributed by atoms with Gasteiger partial charge in [-0.25, -0.2) is 0 Å². The third-order valence-corrected chi connectivity index (χ3v) is 5.65. The molecule has 0 aromatic heterocycles. The number of nitrogens with one attached hydrogen (secondary N) is 1. The molecular weight excluding hydrogens is 391 g/mol. The van der Waals surface area contributed by atoms with Crippen LogP contribution in [0.5, 0.6) is 5.75 Å². The smallest absolute Gasteiger partial charge is 0.416 e. The summed E-state index contributed by atoms with van der Waals surface area (Å²) in [6.45, 7) is 4.81. The maximum Gasteiger partial charge on any atom is 0.416 e. The van der Waals surface area contributed by atoms with Crippen molar-refractivity contribution in [2.45, 2.75) is 50.8 Å². The Morgan fingerprint density at radius 3 is 2.43 bits per heavy atom. The molecule has 0 spiro atoms. The van der Waals surface area contributed by atoms with Crippen molar-refractivity contribution in [2.75, 3.05) is 26.3 Å². The summed E-state index contributed by atoms with van der Waals surface area (Å²) < 4.78 is 51.5. The van der Waals surface area contributed by atoms with Gasteiger partial charge >= 0.3 is 6.18 Å². The summed E-state index contributed by atoms with van der Waals surface area (Å²) in [5.74, 6) is 0.247. The fourth-order valence-corrected chi connectivity index (χ4v) is 3.90. The van der Waals surface area contributed by atoms with E-state index in [1.165, 1.54) is 5.56 Å². The van der Waals surface area contributed by atoms with Gasteiger partial charge in [0.2, 0.25) is 0 Å². The summed E-state index contributed by atoms with van der Waals surface area (Å²) in [5, 5.41) is 3.38. The maximum absolute atomic E-state index is 13.3. The first-order valence-electron chi connectivity index (χ1n) is 10.6. The highest BCUT2D eigenvalue weighted by Gasteiger charge is 2.34. The first-order valence-corrected chi connectivity index (χ1v) is 10.6. The van der Waals surface area contributed by atoms with Crippen molar-refractivity contribution in [2.24, 2.45) is 0 Å². The minimum absolute atomic E-state index is 0.116. The number of piperidine rings is 1. The van der Waals surface area contributed by atoms with Gasteiger partial charge in [0.05, 0.1) is 25.4 Å². The predicted octanol–water partition coefficient (Wildman–Crippen LogP) is 5.72. The highest BCUT2D eigenvalue weighted by atomic mass is 19.4. The van der Waals surface area contributed by atoms with Crippen LogP contribution in [0.25, 0.3) is 0 Å². The molecule has 0 aliphatic carbocycles. The molecule has 1 N–H and O–H groups in total. The molecule has 0 bridgehead atoms. The van der Waals surface area contributed by atoms with E-state index < -0.39 is 11.7 Å². The molecule has 1 aliphatic rings. The average molecular weight is 422 g/mol. The largest absolute Gasteiger partial charge is 0.494 e. The van der Waals surface area contributed by atoms with Gasteiger partial charge < -0.3 is 14.8 Å². The number of benzene rings is 2. The van der Waals surface area contributed by atoms with Crippen molar-refractivity contribution < 1.29 is 22.6 Å². The molecule has 0 atom stereocenters. The Hall–Kier alpha value is -2.05. The zero-order valence-corrected chi connectivity index (χ0v) is 17.4. The molecule has 1 fully saturated rings. The van der Waals surface area contributed by atoms with Gasteiger partial charge in [0.25, 0.3) is 0 Å². The highest BCUT2D eigenvalue weighted by Crippen LogP contribution is 2.35. The fraction of sp³-hybridized carbons (Fsp3) is 0.500. The van der Waals surface area contributed by atoms with Crippen LogP contribution in [-0.2, 0) is 22.9 Å². The Kier molecular flexibility index (Phi) is 7.78. The molecular formula is C24H30F3NO2. The summed E-state index contributed by atoms with van der Waals surface area (Å²) in [6.07, 6.45) is -0.823. The minimum atomic E-state index is -4.42. The van der Waals surface area contributed by atoms with Crippen LogP contribution in [0, 0.1) is 0 Å². The lowest BCUT2D eigenvalue weighted by Gasteiger charge is -2.38. The third-order valence-electron chi connectivity index (χ3n) is 5.65. The first kappa shape index (κ1) is 22.6. The maximum atomic E-state index is 13.3. The summed E-state index contributed by atoms with van der Waals surface area (Å²) in [6, 6.07) is 14.1. The monoisotopic (exact) mass is 421 g/mol. The van der Waals surface area contributed by atoms with Gasteiger partial charge in [-0.1, -0.05) is 43.7 Å². The first-order chi connectivity index (χ1) is 14.4. The van der Waals surface area contributed by atoms with E-state index >= 15 is 0 Å². The second-order valence-electron chi connectivity index (χ2n) is 7.95. The molecule has 164 valence electrons. The highest BCUT2D eigenvalue weighted by molar-refractivity contribution is 5.36. The van der Waals surface area contributed by atoms with E-state index in [9.17, 15) is 13.2 Å². The van der Waals surface area contributed by atoms with Crippen molar-refractivity contribution in [3.8, 4) is 5.75 Å².